The monoisotopic (exact) mass is 446 g/mol. The van der Waals surface area contributed by atoms with Gasteiger partial charge >= 0.3 is 0 Å². The maximum Gasteiger partial charge on any atom is 0.252 e. The summed E-state index contributed by atoms with van der Waals surface area (Å²) in [6, 6.07) is 12.3. The van der Waals surface area contributed by atoms with Crippen molar-refractivity contribution >= 4 is 37.3 Å². The number of carbonyl (C=O) groups is 1. The van der Waals surface area contributed by atoms with E-state index in [0.29, 0.717) is 18.0 Å². The van der Waals surface area contributed by atoms with Gasteiger partial charge in [0, 0.05) is 6.54 Å². The fraction of sp³-hybridized carbons (Fsp3) is 0.364. The van der Waals surface area contributed by atoms with E-state index >= 15 is 0 Å². The number of fused-ring (bicyclic) bond motifs is 1. The van der Waals surface area contributed by atoms with Gasteiger partial charge in [0.05, 0.1) is 27.9 Å². The number of hydrogen-bond donors (Lipinski definition) is 0. The maximum absolute atomic E-state index is 12.6. The van der Waals surface area contributed by atoms with Crippen LogP contribution in [0.1, 0.15) is 33.3 Å². The summed E-state index contributed by atoms with van der Waals surface area (Å²) < 4.78 is 33.2. The lowest BCUT2D eigenvalue weighted by Crippen LogP contribution is -2.17. The van der Waals surface area contributed by atoms with E-state index in [1.54, 1.807) is 38.1 Å². The van der Waals surface area contributed by atoms with E-state index in [-0.39, 0.29) is 17.2 Å². The molecule has 0 aliphatic heterocycles. The molecular weight excluding hydrogens is 420 g/mol. The molecule has 0 spiro atoms. The summed E-state index contributed by atoms with van der Waals surface area (Å²) in [4.78, 5) is 17.8. The molecular formula is C22H26N2O4S2. The minimum atomic E-state index is -3.33. The molecule has 0 radical (unpaired) electrons. The van der Waals surface area contributed by atoms with Gasteiger partial charge in [-0.1, -0.05) is 29.5 Å². The van der Waals surface area contributed by atoms with Gasteiger partial charge in [0.1, 0.15) is 11.3 Å². The number of rotatable bonds is 7. The number of amides is 1. The molecule has 0 unspecified atom stereocenters. The SMILES string of the molecule is CCOc1cccc2sc(=NC(=O)Cc3ccc(S(=O)(=O)C(C)C)cc3)n(CC)c12. The second kappa shape index (κ2) is 9.14. The van der Waals surface area contributed by atoms with Crippen molar-refractivity contribution in [2.45, 2.75) is 50.8 Å². The van der Waals surface area contributed by atoms with Crippen molar-refractivity contribution in [2.75, 3.05) is 6.61 Å². The Morgan fingerprint density at radius 2 is 1.83 bits per heavy atom. The van der Waals surface area contributed by atoms with Gasteiger partial charge in [-0.3, -0.25) is 4.79 Å². The second-order valence-electron chi connectivity index (χ2n) is 7.08. The summed E-state index contributed by atoms with van der Waals surface area (Å²) in [5, 5.41) is -0.487. The number of nitrogens with zero attached hydrogens (tertiary/aromatic N) is 2. The van der Waals surface area contributed by atoms with Crippen molar-refractivity contribution in [3.63, 3.8) is 0 Å². The van der Waals surface area contributed by atoms with Crippen LogP contribution in [0.25, 0.3) is 10.2 Å². The fourth-order valence-corrected chi connectivity index (χ4v) is 5.33. The molecule has 3 aromatic rings. The van der Waals surface area contributed by atoms with Gasteiger partial charge in [-0.05, 0) is 57.5 Å². The van der Waals surface area contributed by atoms with E-state index in [2.05, 4.69) is 4.99 Å². The third-order valence-electron chi connectivity index (χ3n) is 4.73. The first-order valence-electron chi connectivity index (χ1n) is 9.93. The molecule has 1 aromatic heterocycles. The Bertz CT molecular complexity index is 1220. The van der Waals surface area contributed by atoms with Crippen LogP contribution in [0.15, 0.2) is 52.4 Å². The van der Waals surface area contributed by atoms with Crippen LogP contribution >= 0.6 is 11.3 Å². The van der Waals surface area contributed by atoms with E-state index in [1.165, 1.54) is 11.3 Å². The Labute approximate surface area is 180 Å². The molecule has 1 heterocycles. The molecule has 8 heteroatoms. The number of carbonyl (C=O) groups excluding carboxylic acids is 1. The highest BCUT2D eigenvalue weighted by Crippen LogP contribution is 2.27. The van der Waals surface area contributed by atoms with E-state index in [9.17, 15) is 13.2 Å². The average Bonchev–Trinajstić information content (AvgIpc) is 3.06. The molecule has 6 nitrogen and oxygen atoms in total. The van der Waals surface area contributed by atoms with Crippen molar-refractivity contribution < 1.29 is 17.9 Å². The van der Waals surface area contributed by atoms with Crippen LogP contribution < -0.4 is 9.54 Å². The molecule has 1 amide bonds. The minimum Gasteiger partial charge on any atom is -0.492 e. The Morgan fingerprint density at radius 3 is 2.43 bits per heavy atom. The van der Waals surface area contributed by atoms with Crippen molar-refractivity contribution in [1.82, 2.24) is 4.57 Å². The third kappa shape index (κ3) is 4.49. The van der Waals surface area contributed by atoms with Crippen LogP contribution in [0.5, 0.6) is 5.75 Å². The molecule has 3 rings (SSSR count). The van der Waals surface area contributed by atoms with Crippen molar-refractivity contribution in [3.8, 4) is 5.75 Å². The van der Waals surface area contributed by atoms with E-state index in [1.807, 2.05) is 36.6 Å². The number of ether oxygens (including phenoxy) is 1. The van der Waals surface area contributed by atoms with Gasteiger partial charge in [-0.15, -0.1) is 0 Å². The zero-order valence-corrected chi connectivity index (χ0v) is 19.2. The first-order valence-corrected chi connectivity index (χ1v) is 12.3. The zero-order valence-electron chi connectivity index (χ0n) is 17.6. The highest BCUT2D eigenvalue weighted by atomic mass is 32.2. The van der Waals surface area contributed by atoms with E-state index < -0.39 is 15.1 Å². The Kier molecular flexibility index (Phi) is 6.77. The normalized spacial score (nSPS) is 12.6. The molecule has 0 atom stereocenters. The van der Waals surface area contributed by atoms with Gasteiger partial charge in [-0.2, -0.15) is 4.99 Å². The average molecular weight is 447 g/mol. The van der Waals surface area contributed by atoms with Gasteiger partial charge < -0.3 is 9.30 Å². The largest absolute Gasteiger partial charge is 0.492 e. The molecule has 0 N–H and O–H groups in total. The van der Waals surface area contributed by atoms with Crippen LogP contribution in [0.4, 0.5) is 0 Å². The topological polar surface area (TPSA) is 77.7 Å². The smallest absolute Gasteiger partial charge is 0.252 e. The summed E-state index contributed by atoms with van der Waals surface area (Å²) >= 11 is 1.45. The Hall–Kier alpha value is -2.45. The summed E-state index contributed by atoms with van der Waals surface area (Å²) in [6.07, 6.45) is 0.109. The lowest BCUT2D eigenvalue weighted by Gasteiger charge is -2.08. The van der Waals surface area contributed by atoms with Gasteiger partial charge in [0.15, 0.2) is 14.6 Å². The fourth-order valence-electron chi connectivity index (χ4n) is 3.14. The molecule has 0 fully saturated rings. The van der Waals surface area contributed by atoms with E-state index in [0.717, 1.165) is 21.5 Å². The van der Waals surface area contributed by atoms with Crippen LogP contribution in [0.3, 0.4) is 0 Å². The first-order chi connectivity index (χ1) is 14.3. The molecule has 160 valence electrons. The quantitative estimate of drug-likeness (QED) is 0.550. The molecule has 0 bridgehead atoms. The molecule has 30 heavy (non-hydrogen) atoms. The van der Waals surface area contributed by atoms with Crippen LogP contribution in [0.2, 0.25) is 0 Å². The highest BCUT2D eigenvalue weighted by Gasteiger charge is 2.19. The summed E-state index contributed by atoms with van der Waals surface area (Å²) in [5.74, 6) is 0.505. The number of hydrogen-bond acceptors (Lipinski definition) is 5. The van der Waals surface area contributed by atoms with Crippen molar-refractivity contribution in [3.05, 3.63) is 52.8 Å². The zero-order chi connectivity index (χ0) is 21.9. The van der Waals surface area contributed by atoms with Crippen molar-refractivity contribution in [2.24, 2.45) is 4.99 Å². The van der Waals surface area contributed by atoms with Gasteiger partial charge in [0.2, 0.25) is 0 Å². The number of para-hydroxylation sites is 1. The Balaban J connectivity index is 1.90. The summed E-state index contributed by atoms with van der Waals surface area (Å²) in [7, 11) is -3.33. The molecule has 0 saturated carbocycles. The second-order valence-corrected chi connectivity index (χ2v) is 10.6. The number of thiazole rings is 1. The first kappa shape index (κ1) is 22.2. The maximum atomic E-state index is 12.6. The lowest BCUT2D eigenvalue weighted by molar-refractivity contribution is -0.117. The summed E-state index contributed by atoms with van der Waals surface area (Å²) in [6.45, 7) is 8.47. The standard InChI is InChI=1S/C22H26N2O4S2/c1-5-24-21-18(28-6-2)8-7-9-19(21)29-22(24)23-20(25)14-16-10-12-17(13-11-16)30(26,27)15(3)4/h7-13,15H,5-6,14H2,1-4H3. The summed E-state index contributed by atoms with van der Waals surface area (Å²) in [5.41, 5.74) is 1.67. The van der Waals surface area contributed by atoms with E-state index in [4.69, 9.17) is 4.74 Å². The lowest BCUT2D eigenvalue weighted by atomic mass is 10.1. The van der Waals surface area contributed by atoms with Gasteiger partial charge in [0.25, 0.3) is 5.91 Å². The third-order valence-corrected chi connectivity index (χ3v) is 7.94. The predicted molar refractivity (Wildman–Crippen MR) is 120 cm³/mol. The van der Waals surface area contributed by atoms with Crippen LogP contribution in [-0.2, 0) is 27.6 Å². The Morgan fingerprint density at radius 1 is 1.13 bits per heavy atom. The molecule has 0 saturated heterocycles. The molecule has 0 aliphatic rings. The predicted octanol–water partition coefficient (Wildman–Crippen LogP) is 3.97. The highest BCUT2D eigenvalue weighted by molar-refractivity contribution is 7.92. The van der Waals surface area contributed by atoms with Gasteiger partial charge in [-0.25, -0.2) is 8.42 Å². The molecule has 2 aromatic carbocycles. The van der Waals surface area contributed by atoms with Crippen LogP contribution in [-0.4, -0.2) is 30.7 Å². The number of aryl methyl sites for hydroxylation is 1. The number of benzene rings is 2. The van der Waals surface area contributed by atoms with Crippen molar-refractivity contribution in [1.29, 1.82) is 0 Å². The number of sulfone groups is 1. The minimum absolute atomic E-state index is 0.109. The van der Waals surface area contributed by atoms with Crippen LogP contribution in [0, 0.1) is 0 Å². The molecule has 0 aliphatic carbocycles. The number of aromatic nitrogens is 1.